The fourth-order valence-corrected chi connectivity index (χ4v) is 2.99. The van der Waals surface area contributed by atoms with Crippen molar-refractivity contribution in [2.45, 2.75) is 31.7 Å². The molecule has 0 aliphatic carbocycles. The molecule has 1 atom stereocenters. The number of ether oxygens (including phenoxy) is 1. The zero-order valence-electron chi connectivity index (χ0n) is 15.6. The van der Waals surface area contributed by atoms with Gasteiger partial charge in [0.1, 0.15) is 12.4 Å². The minimum atomic E-state index is -3.75. The summed E-state index contributed by atoms with van der Waals surface area (Å²) in [7, 11) is -3.75. The van der Waals surface area contributed by atoms with Gasteiger partial charge in [-0.1, -0.05) is 13.8 Å². The zero-order chi connectivity index (χ0) is 20.9. The first-order valence-electron chi connectivity index (χ1n) is 8.38. The van der Waals surface area contributed by atoms with Gasteiger partial charge in [0.05, 0.1) is 15.4 Å². The van der Waals surface area contributed by atoms with Crippen molar-refractivity contribution in [3.05, 3.63) is 34.9 Å². The summed E-state index contributed by atoms with van der Waals surface area (Å²) < 4.78 is 28.4. The Labute approximate surface area is 172 Å². The molecule has 2 aromatic rings. The first-order chi connectivity index (χ1) is 13.1. The van der Waals surface area contributed by atoms with E-state index in [4.69, 9.17) is 9.88 Å². The molecule has 28 heavy (non-hydrogen) atoms. The van der Waals surface area contributed by atoms with E-state index in [0.29, 0.717) is 21.9 Å². The van der Waals surface area contributed by atoms with Gasteiger partial charge in [-0.3, -0.25) is 4.79 Å². The van der Waals surface area contributed by atoms with Gasteiger partial charge in [0.25, 0.3) is 0 Å². The molecule has 0 unspecified atom stereocenters. The molecule has 1 aromatic carbocycles. The van der Waals surface area contributed by atoms with Crippen LogP contribution in [0.1, 0.15) is 20.8 Å². The van der Waals surface area contributed by atoms with Crippen molar-refractivity contribution in [2.75, 3.05) is 17.2 Å². The first-order valence-corrected chi connectivity index (χ1v) is 10.7. The normalized spacial score (nSPS) is 12.5. The number of hydrogen-bond acceptors (Lipinski definition) is 8. The predicted molar refractivity (Wildman–Crippen MR) is 110 cm³/mol. The van der Waals surface area contributed by atoms with E-state index in [0.717, 1.165) is 0 Å². The molecule has 0 amide bonds. The largest absolute Gasteiger partial charge is 0.464 e. The van der Waals surface area contributed by atoms with Crippen LogP contribution in [0.25, 0.3) is 0 Å². The van der Waals surface area contributed by atoms with Crippen molar-refractivity contribution in [1.29, 1.82) is 0 Å². The quantitative estimate of drug-likeness (QED) is 0.499. The molecule has 4 N–H and O–H groups in total. The van der Waals surface area contributed by atoms with Crippen molar-refractivity contribution in [2.24, 2.45) is 11.1 Å². The van der Waals surface area contributed by atoms with E-state index in [9.17, 15) is 13.2 Å². The molecule has 0 saturated carbocycles. The molecule has 0 fully saturated rings. The Bertz CT molecular complexity index is 935. The summed E-state index contributed by atoms with van der Waals surface area (Å²) in [5.41, 5.74) is 0.598. The second kappa shape index (κ2) is 9.30. The van der Waals surface area contributed by atoms with Crippen LogP contribution in [0.5, 0.6) is 0 Å². The van der Waals surface area contributed by atoms with Crippen LogP contribution in [0.15, 0.2) is 39.8 Å². The number of anilines is 3. The summed E-state index contributed by atoms with van der Waals surface area (Å²) in [5.74, 6) is 0.677. The second-order valence-corrected chi connectivity index (χ2v) is 8.80. The minimum absolute atomic E-state index is 0.0161. The summed E-state index contributed by atoms with van der Waals surface area (Å²) in [6, 6.07) is 5.77. The van der Waals surface area contributed by atoms with Crippen LogP contribution in [0, 0.1) is 5.92 Å². The average molecular weight is 472 g/mol. The molecule has 0 saturated heterocycles. The van der Waals surface area contributed by atoms with E-state index >= 15 is 0 Å². The van der Waals surface area contributed by atoms with Crippen LogP contribution in [0.3, 0.4) is 0 Å². The van der Waals surface area contributed by atoms with E-state index in [1.165, 1.54) is 19.1 Å². The molecule has 11 heteroatoms. The third kappa shape index (κ3) is 6.43. The highest BCUT2D eigenvalue weighted by atomic mass is 79.9. The third-order valence-electron chi connectivity index (χ3n) is 3.78. The number of aromatic nitrogens is 2. The Morgan fingerprint density at radius 3 is 2.46 bits per heavy atom. The van der Waals surface area contributed by atoms with Crippen molar-refractivity contribution >= 4 is 49.4 Å². The first kappa shape index (κ1) is 22.1. The number of carbonyl (C=O) groups is 1. The summed E-state index contributed by atoms with van der Waals surface area (Å²) >= 11 is 3.40. The Balaban J connectivity index is 2.16. The summed E-state index contributed by atoms with van der Waals surface area (Å²) in [6.07, 6.45) is 1.58. The van der Waals surface area contributed by atoms with Gasteiger partial charge in [-0.25, -0.2) is 18.5 Å². The number of rotatable bonds is 8. The standard InChI is InChI=1S/C17H22BrN5O4S/c1-10(2)15(9-27-11(3)24)22-16-14(18)8-20-17(23-16)21-12-4-6-13(7-5-12)28(19,25)26/h4-8,10,15H,9H2,1-3H3,(H2,19,25,26)(H2,20,21,22,23)/t15-/m0/s1. The SMILES string of the molecule is CC(=O)OC[C@H](Nc1nc(Nc2ccc(S(N)(=O)=O)cc2)ncc1Br)C(C)C. The summed E-state index contributed by atoms with van der Waals surface area (Å²) in [5, 5.41) is 11.3. The summed E-state index contributed by atoms with van der Waals surface area (Å²) in [6.45, 7) is 5.58. The Kier molecular flexibility index (Phi) is 7.33. The minimum Gasteiger partial charge on any atom is -0.464 e. The Morgan fingerprint density at radius 1 is 1.29 bits per heavy atom. The average Bonchev–Trinajstić information content (AvgIpc) is 2.60. The van der Waals surface area contributed by atoms with E-state index < -0.39 is 10.0 Å². The van der Waals surface area contributed by atoms with Crippen LogP contribution in [-0.4, -0.2) is 37.0 Å². The number of nitrogens with one attached hydrogen (secondary N) is 2. The molecule has 0 aliphatic heterocycles. The van der Waals surface area contributed by atoms with Crippen LogP contribution in [-0.2, 0) is 19.6 Å². The van der Waals surface area contributed by atoms with E-state index in [2.05, 4.69) is 36.5 Å². The Morgan fingerprint density at radius 2 is 1.93 bits per heavy atom. The van der Waals surface area contributed by atoms with Gasteiger partial charge in [0.2, 0.25) is 16.0 Å². The zero-order valence-corrected chi connectivity index (χ0v) is 18.0. The lowest BCUT2D eigenvalue weighted by molar-refractivity contribution is -0.141. The lowest BCUT2D eigenvalue weighted by Gasteiger charge is -2.23. The number of esters is 1. The van der Waals surface area contributed by atoms with Crippen molar-refractivity contribution in [3.63, 3.8) is 0 Å². The van der Waals surface area contributed by atoms with E-state index in [1.807, 2.05) is 13.8 Å². The molecule has 0 radical (unpaired) electrons. The molecule has 1 heterocycles. The molecular weight excluding hydrogens is 450 g/mol. The van der Waals surface area contributed by atoms with E-state index in [-0.39, 0.29) is 29.4 Å². The third-order valence-corrected chi connectivity index (χ3v) is 5.29. The molecule has 2 rings (SSSR count). The predicted octanol–water partition coefficient (Wildman–Crippen LogP) is 2.63. The van der Waals surface area contributed by atoms with Gasteiger partial charge in [-0.05, 0) is 46.1 Å². The molecular formula is C17H22BrN5O4S. The highest BCUT2D eigenvalue weighted by Gasteiger charge is 2.17. The molecule has 0 bridgehead atoms. The number of primary sulfonamides is 1. The summed E-state index contributed by atoms with van der Waals surface area (Å²) in [4.78, 5) is 19.7. The molecule has 9 nitrogen and oxygen atoms in total. The highest BCUT2D eigenvalue weighted by Crippen LogP contribution is 2.24. The number of halogens is 1. The number of hydrogen-bond donors (Lipinski definition) is 3. The highest BCUT2D eigenvalue weighted by molar-refractivity contribution is 9.10. The van der Waals surface area contributed by atoms with Crippen molar-refractivity contribution < 1.29 is 17.9 Å². The van der Waals surface area contributed by atoms with Gasteiger partial charge in [0.15, 0.2) is 0 Å². The van der Waals surface area contributed by atoms with Crippen LogP contribution in [0.2, 0.25) is 0 Å². The molecule has 0 aliphatic rings. The number of sulfonamides is 1. The second-order valence-electron chi connectivity index (χ2n) is 6.38. The molecule has 0 spiro atoms. The number of nitrogens with zero attached hydrogens (tertiary/aromatic N) is 2. The lowest BCUT2D eigenvalue weighted by Crippen LogP contribution is -2.32. The van der Waals surface area contributed by atoms with Crippen LogP contribution in [0.4, 0.5) is 17.5 Å². The monoisotopic (exact) mass is 471 g/mol. The van der Waals surface area contributed by atoms with E-state index in [1.54, 1.807) is 18.3 Å². The number of benzene rings is 1. The van der Waals surface area contributed by atoms with Gasteiger partial charge in [-0.15, -0.1) is 0 Å². The Hall–Kier alpha value is -2.24. The van der Waals surface area contributed by atoms with Crippen LogP contribution < -0.4 is 15.8 Å². The van der Waals surface area contributed by atoms with Gasteiger partial charge >= 0.3 is 5.97 Å². The fourth-order valence-electron chi connectivity index (χ4n) is 2.17. The smallest absolute Gasteiger partial charge is 0.302 e. The van der Waals surface area contributed by atoms with Crippen molar-refractivity contribution in [1.82, 2.24) is 9.97 Å². The van der Waals surface area contributed by atoms with Gasteiger partial charge in [-0.2, -0.15) is 4.98 Å². The maximum absolute atomic E-state index is 11.3. The topological polar surface area (TPSA) is 136 Å². The molecule has 1 aromatic heterocycles. The van der Waals surface area contributed by atoms with Gasteiger partial charge < -0.3 is 15.4 Å². The lowest BCUT2D eigenvalue weighted by atomic mass is 10.1. The molecule has 152 valence electrons. The fraction of sp³-hybridized carbons (Fsp3) is 0.353. The maximum atomic E-state index is 11.3. The van der Waals surface area contributed by atoms with Gasteiger partial charge in [0, 0.05) is 18.8 Å². The number of carbonyl (C=O) groups excluding carboxylic acids is 1. The maximum Gasteiger partial charge on any atom is 0.302 e. The number of nitrogens with two attached hydrogens (primary N) is 1. The van der Waals surface area contributed by atoms with Crippen molar-refractivity contribution in [3.8, 4) is 0 Å². The van der Waals surface area contributed by atoms with Crippen LogP contribution >= 0.6 is 15.9 Å².